The first-order chi connectivity index (χ1) is 15.3. The third-order valence-corrected chi connectivity index (χ3v) is 5.66. The molecule has 0 fully saturated rings. The fourth-order valence-corrected chi connectivity index (χ4v) is 3.58. The molecule has 0 atom stereocenters. The zero-order valence-corrected chi connectivity index (χ0v) is 18.1. The lowest BCUT2D eigenvalue weighted by atomic mass is 9.99. The minimum atomic E-state index is -0.326. The summed E-state index contributed by atoms with van der Waals surface area (Å²) in [4.78, 5) is 28.2. The van der Waals surface area contributed by atoms with Gasteiger partial charge in [0.1, 0.15) is 5.82 Å². The van der Waals surface area contributed by atoms with Crippen LogP contribution in [-0.4, -0.2) is 15.3 Å². The lowest BCUT2D eigenvalue weighted by Gasteiger charge is -2.07. The van der Waals surface area contributed by atoms with Gasteiger partial charge in [0.05, 0.1) is 11.4 Å². The first-order valence-corrected chi connectivity index (χ1v) is 10.3. The van der Waals surface area contributed by atoms with Crippen LogP contribution in [0, 0.1) is 26.6 Å². The van der Waals surface area contributed by atoms with Crippen LogP contribution in [0.4, 0.5) is 4.39 Å². The highest BCUT2D eigenvalue weighted by atomic mass is 19.1. The molecule has 0 bridgehead atoms. The molecule has 0 aliphatic heterocycles. The molecule has 0 amide bonds. The van der Waals surface area contributed by atoms with Crippen molar-refractivity contribution in [2.45, 2.75) is 20.8 Å². The lowest BCUT2D eigenvalue weighted by molar-refractivity contribution is 0.104. The molecule has 5 heteroatoms. The fourth-order valence-electron chi connectivity index (χ4n) is 3.58. The third kappa shape index (κ3) is 4.37. The Kier molecular flexibility index (Phi) is 5.73. The molecule has 0 unspecified atom stereocenters. The Hall–Kier alpha value is -3.99. The van der Waals surface area contributed by atoms with E-state index in [0.29, 0.717) is 16.9 Å². The van der Waals surface area contributed by atoms with Gasteiger partial charge in [0.25, 0.3) is 0 Å². The molecule has 160 valence electrons. The Morgan fingerprint density at radius 1 is 0.969 bits per heavy atom. The standard InChI is InChI=1S/C27H23FN2O2/c1-17-13-22(14-18(2)19(17)3)25-16-30(27(32)29-25)24-6-4-5-21(15-24)26(31)12-9-20-7-10-23(28)11-8-20/h4-16H,1-3H3,(H,29,32)/b12-9+. The number of hydrogen-bond acceptors (Lipinski definition) is 2. The highest BCUT2D eigenvalue weighted by Gasteiger charge is 2.11. The van der Waals surface area contributed by atoms with Crippen molar-refractivity contribution >= 4 is 11.9 Å². The van der Waals surface area contributed by atoms with Crippen LogP contribution in [-0.2, 0) is 0 Å². The first-order valence-electron chi connectivity index (χ1n) is 10.3. The van der Waals surface area contributed by atoms with Gasteiger partial charge >= 0.3 is 5.69 Å². The molecule has 0 aliphatic rings. The Morgan fingerprint density at radius 2 is 1.66 bits per heavy atom. The van der Waals surface area contributed by atoms with Crippen molar-refractivity contribution in [2.24, 2.45) is 0 Å². The molecule has 0 saturated heterocycles. The summed E-state index contributed by atoms with van der Waals surface area (Å²) in [6.45, 7) is 6.18. The number of hydrogen-bond donors (Lipinski definition) is 1. The minimum absolute atomic E-state index is 0.204. The summed E-state index contributed by atoms with van der Waals surface area (Å²) < 4.78 is 14.5. The van der Waals surface area contributed by atoms with Gasteiger partial charge in [-0.05, 0) is 85.5 Å². The molecule has 4 rings (SSSR count). The molecule has 1 aromatic heterocycles. The molecule has 4 nitrogen and oxygen atoms in total. The maximum atomic E-state index is 13.0. The van der Waals surface area contributed by atoms with Crippen LogP contribution < -0.4 is 5.69 Å². The normalized spacial score (nSPS) is 11.2. The number of H-pyrrole nitrogens is 1. The summed E-state index contributed by atoms with van der Waals surface area (Å²) in [6, 6.07) is 16.9. The van der Waals surface area contributed by atoms with Crippen LogP contribution in [0.2, 0.25) is 0 Å². The zero-order chi connectivity index (χ0) is 22.8. The average Bonchev–Trinajstić information content (AvgIpc) is 3.18. The lowest BCUT2D eigenvalue weighted by Crippen LogP contribution is -2.14. The molecular formula is C27H23FN2O2. The molecule has 0 saturated carbocycles. The van der Waals surface area contributed by atoms with Gasteiger partial charge < -0.3 is 4.98 Å². The van der Waals surface area contributed by atoms with Gasteiger partial charge in [0.15, 0.2) is 5.78 Å². The summed E-state index contributed by atoms with van der Waals surface area (Å²) in [5.74, 6) is -0.529. The van der Waals surface area contributed by atoms with E-state index in [-0.39, 0.29) is 17.3 Å². The Morgan fingerprint density at radius 3 is 2.34 bits per heavy atom. The second-order valence-electron chi connectivity index (χ2n) is 7.88. The molecule has 32 heavy (non-hydrogen) atoms. The van der Waals surface area contributed by atoms with Gasteiger partial charge in [0.2, 0.25) is 0 Å². The fraction of sp³-hybridized carbons (Fsp3) is 0.111. The van der Waals surface area contributed by atoms with Crippen molar-refractivity contribution in [3.8, 4) is 16.9 Å². The van der Waals surface area contributed by atoms with Crippen molar-refractivity contribution in [3.63, 3.8) is 0 Å². The number of aromatic amines is 1. The monoisotopic (exact) mass is 426 g/mol. The highest BCUT2D eigenvalue weighted by Crippen LogP contribution is 2.24. The molecule has 1 N–H and O–H groups in total. The van der Waals surface area contributed by atoms with Gasteiger partial charge in [-0.25, -0.2) is 9.18 Å². The maximum Gasteiger partial charge on any atom is 0.330 e. The Balaban J connectivity index is 1.63. The number of aryl methyl sites for hydroxylation is 2. The Bertz CT molecular complexity index is 1370. The topological polar surface area (TPSA) is 54.9 Å². The van der Waals surface area contributed by atoms with Crippen LogP contribution in [0.25, 0.3) is 23.0 Å². The van der Waals surface area contributed by atoms with Crippen molar-refractivity contribution in [2.75, 3.05) is 0 Å². The summed E-state index contributed by atoms with van der Waals surface area (Å²) in [7, 11) is 0. The molecule has 0 aliphatic carbocycles. The number of ketones is 1. The average molecular weight is 426 g/mol. The molecule has 1 heterocycles. The predicted molar refractivity (Wildman–Crippen MR) is 126 cm³/mol. The van der Waals surface area contributed by atoms with E-state index in [1.54, 1.807) is 48.7 Å². The van der Waals surface area contributed by atoms with Gasteiger partial charge in [-0.15, -0.1) is 0 Å². The molecule has 4 aromatic rings. The summed E-state index contributed by atoms with van der Waals surface area (Å²) in [5, 5.41) is 0. The quantitative estimate of drug-likeness (QED) is 0.324. The van der Waals surface area contributed by atoms with Crippen molar-refractivity contribution in [1.29, 1.82) is 0 Å². The number of nitrogens with zero attached hydrogens (tertiary/aromatic N) is 1. The smallest absolute Gasteiger partial charge is 0.305 e. The van der Waals surface area contributed by atoms with Crippen LogP contribution in [0.5, 0.6) is 0 Å². The summed E-state index contributed by atoms with van der Waals surface area (Å²) >= 11 is 0. The predicted octanol–water partition coefficient (Wildman–Crippen LogP) is 5.79. The van der Waals surface area contributed by atoms with E-state index in [2.05, 4.69) is 37.9 Å². The number of nitrogens with one attached hydrogen (secondary N) is 1. The van der Waals surface area contributed by atoms with Gasteiger partial charge in [0, 0.05) is 17.3 Å². The van der Waals surface area contributed by atoms with Gasteiger partial charge in [-0.1, -0.05) is 30.3 Å². The maximum absolute atomic E-state index is 13.0. The number of benzene rings is 3. The molecule has 3 aromatic carbocycles. The number of rotatable bonds is 5. The number of carbonyl (C=O) groups is 1. The van der Waals surface area contributed by atoms with Crippen LogP contribution in [0.15, 0.2) is 77.7 Å². The largest absolute Gasteiger partial charge is 0.330 e. The number of carbonyl (C=O) groups excluding carboxylic acids is 1. The SMILES string of the molecule is Cc1cc(-c2cn(-c3cccc(C(=O)/C=C/c4ccc(F)cc4)c3)c(=O)[nH]2)cc(C)c1C. The Labute approximate surface area is 185 Å². The zero-order valence-electron chi connectivity index (χ0n) is 18.1. The number of halogens is 1. The van der Waals surface area contributed by atoms with E-state index in [0.717, 1.165) is 22.3 Å². The second kappa shape index (κ2) is 8.63. The summed E-state index contributed by atoms with van der Waals surface area (Å²) in [5.41, 5.74) is 6.72. The number of allylic oxidation sites excluding steroid dienone is 1. The molecular weight excluding hydrogens is 403 g/mol. The highest BCUT2D eigenvalue weighted by molar-refractivity contribution is 6.07. The minimum Gasteiger partial charge on any atom is -0.305 e. The van der Waals surface area contributed by atoms with Gasteiger partial charge in [-0.3, -0.25) is 9.36 Å². The van der Waals surface area contributed by atoms with Crippen LogP contribution in [0.1, 0.15) is 32.6 Å². The number of aromatic nitrogens is 2. The van der Waals surface area contributed by atoms with E-state index >= 15 is 0 Å². The van der Waals surface area contributed by atoms with Crippen LogP contribution >= 0.6 is 0 Å². The van der Waals surface area contributed by atoms with Crippen LogP contribution in [0.3, 0.4) is 0 Å². The van der Waals surface area contributed by atoms with E-state index in [9.17, 15) is 14.0 Å². The summed E-state index contributed by atoms with van der Waals surface area (Å²) in [6.07, 6.45) is 4.83. The van der Waals surface area contributed by atoms with Crippen molar-refractivity contribution in [1.82, 2.24) is 9.55 Å². The van der Waals surface area contributed by atoms with E-state index in [1.165, 1.54) is 28.3 Å². The van der Waals surface area contributed by atoms with E-state index in [4.69, 9.17) is 0 Å². The van der Waals surface area contributed by atoms with E-state index in [1.807, 2.05) is 0 Å². The van der Waals surface area contributed by atoms with Crippen molar-refractivity contribution in [3.05, 3.63) is 117 Å². The first kappa shape index (κ1) is 21.2. The number of imidazole rings is 1. The second-order valence-corrected chi connectivity index (χ2v) is 7.88. The molecule has 0 spiro atoms. The van der Waals surface area contributed by atoms with E-state index < -0.39 is 0 Å². The van der Waals surface area contributed by atoms with Gasteiger partial charge in [-0.2, -0.15) is 0 Å². The third-order valence-electron chi connectivity index (χ3n) is 5.66. The molecule has 0 radical (unpaired) electrons. The van der Waals surface area contributed by atoms with Crippen molar-refractivity contribution < 1.29 is 9.18 Å².